The van der Waals surface area contributed by atoms with Crippen molar-refractivity contribution in [3.63, 3.8) is 0 Å². The third kappa shape index (κ3) is 4.12. The zero-order valence-electron chi connectivity index (χ0n) is 11.6. The second-order valence-corrected chi connectivity index (χ2v) is 5.18. The average molecular weight is 251 g/mol. The summed E-state index contributed by atoms with van der Waals surface area (Å²) in [5.74, 6) is 2.07. The minimum Gasteiger partial charge on any atom is -0.463 e. The van der Waals surface area contributed by atoms with Crippen LogP contribution in [-0.4, -0.2) is 50.1 Å². The van der Waals surface area contributed by atoms with Gasteiger partial charge in [0.05, 0.1) is 13.1 Å². The van der Waals surface area contributed by atoms with Crippen LogP contribution >= 0.6 is 0 Å². The maximum Gasteiger partial charge on any atom is 0.118 e. The van der Waals surface area contributed by atoms with Crippen LogP contribution in [0.5, 0.6) is 0 Å². The predicted octanol–water partition coefficient (Wildman–Crippen LogP) is 1.53. The number of likely N-dealkylation sites (tertiary alicyclic amines) is 1. The Balaban J connectivity index is 1.70. The molecular formula is C14H25N3O. The fraction of sp³-hybridized carbons (Fsp3) is 0.714. The van der Waals surface area contributed by atoms with Gasteiger partial charge in [-0.25, -0.2) is 0 Å². The Morgan fingerprint density at radius 1 is 1.28 bits per heavy atom. The van der Waals surface area contributed by atoms with E-state index in [2.05, 4.69) is 34.3 Å². The van der Waals surface area contributed by atoms with Crippen molar-refractivity contribution in [2.45, 2.75) is 25.9 Å². The Morgan fingerprint density at radius 2 is 2.00 bits per heavy atom. The zero-order valence-corrected chi connectivity index (χ0v) is 11.6. The standard InChI is InChI=1S/C14H25N3O/c1-15-11-13-5-6-14(18-13)12-16(2)9-10-17-7-3-4-8-17/h5-6,15H,3-4,7-12H2,1-2H3. The third-order valence-electron chi connectivity index (χ3n) is 3.49. The van der Waals surface area contributed by atoms with Gasteiger partial charge >= 0.3 is 0 Å². The summed E-state index contributed by atoms with van der Waals surface area (Å²) < 4.78 is 5.75. The molecule has 2 rings (SSSR count). The highest BCUT2D eigenvalue weighted by molar-refractivity contribution is 5.06. The molecule has 0 radical (unpaired) electrons. The van der Waals surface area contributed by atoms with Crippen molar-refractivity contribution in [1.82, 2.24) is 15.1 Å². The first-order valence-electron chi connectivity index (χ1n) is 6.91. The summed E-state index contributed by atoms with van der Waals surface area (Å²) in [5.41, 5.74) is 0. The molecule has 0 aromatic carbocycles. The highest BCUT2D eigenvalue weighted by Gasteiger charge is 2.12. The molecule has 1 aromatic rings. The maximum atomic E-state index is 5.75. The zero-order chi connectivity index (χ0) is 12.8. The highest BCUT2D eigenvalue weighted by Crippen LogP contribution is 2.11. The highest BCUT2D eigenvalue weighted by atomic mass is 16.3. The first kappa shape index (κ1) is 13.6. The predicted molar refractivity (Wildman–Crippen MR) is 73.5 cm³/mol. The topological polar surface area (TPSA) is 31.6 Å². The van der Waals surface area contributed by atoms with E-state index in [0.717, 1.165) is 31.2 Å². The van der Waals surface area contributed by atoms with E-state index in [1.165, 1.54) is 32.5 Å². The van der Waals surface area contributed by atoms with E-state index in [4.69, 9.17) is 4.42 Å². The van der Waals surface area contributed by atoms with Crippen molar-refractivity contribution >= 4 is 0 Å². The molecule has 0 aliphatic carbocycles. The molecule has 1 aromatic heterocycles. The molecule has 0 spiro atoms. The van der Waals surface area contributed by atoms with Crippen molar-refractivity contribution in [2.75, 3.05) is 40.3 Å². The van der Waals surface area contributed by atoms with Gasteiger partial charge in [-0.05, 0) is 52.2 Å². The molecule has 0 atom stereocenters. The Labute approximate surface area is 110 Å². The van der Waals surface area contributed by atoms with Gasteiger partial charge in [0, 0.05) is 13.1 Å². The number of rotatable bonds is 7. The SMILES string of the molecule is CNCc1ccc(CN(C)CCN2CCCC2)o1. The molecule has 0 saturated carbocycles. The summed E-state index contributed by atoms with van der Waals surface area (Å²) in [5, 5.41) is 3.10. The summed E-state index contributed by atoms with van der Waals surface area (Å²) >= 11 is 0. The first-order valence-corrected chi connectivity index (χ1v) is 6.91. The fourth-order valence-corrected chi connectivity index (χ4v) is 2.44. The molecule has 1 fully saturated rings. The minimum atomic E-state index is 0.803. The van der Waals surface area contributed by atoms with Crippen molar-refractivity contribution in [1.29, 1.82) is 0 Å². The molecule has 1 aliphatic heterocycles. The van der Waals surface area contributed by atoms with E-state index in [0.29, 0.717) is 0 Å². The normalized spacial score (nSPS) is 16.8. The van der Waals surface area contributed by atoms with Gasteiger partial charge in [-0.2, -0.15) is 0 Å². The Kier molecular flexibility index (Phi) is 5.23. The molecule has 18 heavy (non-hydrogen) atoms. The summed E-state index contributed by atoms with van der Waals surface area (Å²) in [6.07, 6.45) is 2.74. The Hall–Kier alpha value is -0.840. The smallest absolute Gasteiger partial charge is 0.118 e. The Morgan fingerprint density at radius 3 is 2.72 bits per heavy atom. The number of nitrogens with zero attached hydrogens (tertiary/aromatic N) is 2. The lowest BCUT2D eigenvalue weighted by atomic mass is 10.4. The van der Waals surface area contributed by atoms with Crippen molar-refractivity contribution in [3.8, 4) is 0 Å². The van der Waals surface area contributed by atoms with E-state index in [1.54, 1.807) is 0 Å². The van der Waals surface area contributed by atoms with Gasteiger partial charge in [-0.15, -0.1) is 0 Å². The van der Waals surface area contributed by atoms with Crippen LogP contribution < -0.4 is 5.32 Å². The summed E-state index contributed by atoms with van der Waals surface area (Å²) in [4.78, 5) is 4.88. The Bertz CT molecular complexity index is 345. The second-order valence-electron chi connectivity index (χ2n) is 5.18. The van der Waals surface area contributed by atoms with Crippen LogP contribution in [-0.2, 0) is 13.1 Å². The van der Waals surface area contributed by atoms with Crippen molar-refractivity contribution in [2.24, 2.45) is 0 Å². The molecule has 1 aliphatic rings. The van der Waals surface area contributed by atoms with Gasteiger partial charge in [0.15, 0.2) is 0 Å². The monoisotopic (exact) mass is 251 g/mol. The third-order valence-corrected chi connectivity index (χ3v) is 3.49. The quantitative estimate of drug-likeness (QED) is 0.796. The van der Waals surface area contributed by atoms with Crippen LogP contribution in [0.25, 0.3) is 0 Å². The summed E-state index contributed by atoms with van der Waals surface area (Å²) in [6.45, 7) is 6.56. The lowest BCUT2D eigenvalue weighted by Gasteiger charge is -2.20. The fourth-order valence-electron chi connectivity index (χ4n) is 2.44. The van der Waals surface area contributed by atoms with Gasteiger partial charge in [0.2, 0.25) is 0 Å². The summed E-state index contributed by atoms with van der Waals surface area (Å²) in [7, 11) is 4.10. The lowest BCUT2D eigenvalue weighted by Crippen LogP contribution is -2.31. The van der Waals surface area contributed by atoms with Crippen molar-refractivity contribution < 1.29 is 4.42 Å². The van der Waals surface area contributed by atoms with Gasteiger partial charge in [-0.1, -0.05) is 0 Å². The number of likely N-dealkylation sites (N-methyl/N-ethyl adjacent to an activating group) is 1. The van der Waals surface area contributed by atoms with E-state index in [1.807, 2.05) is 7.05 Å². The average Bonchev–Trinajstić information content (AvgIpc) is 2.99. The van der Waals surface area contributed by atoms with E-state index in [9.17, 15) is 0 Å². The van der Waals surface area contributed by atoms with Crippen LogP contribution in [0.3, 0.4) is 0 Å². The molecule has 1 N–H and O–H groups in total. The van der Waals surface area contributed by atoms with E-state index < -0.39 is 0 Å². The summed E-state index contributed by atoms with van der Waals surface area (Å²) in [6, 6.07) is 4.14. The van der Waals surface area contributed by atoms with Crippen LogP contribution in [0.1, 0.15) is 24.4 Å². The van der Waals surface area contributed by atoms with E-state index in [-0.39, 0.29) is 0 Å². The molecular weight excluding hydrogens is 226 g/mol. The second kappa shape index (κ2) is 6.92. The molecule has 2 heterocycles. The van der Waals surface area contributed by atoms with Gasteiger partial charge in [0.25, 0.3) is 0 Å². The number of hydrogen-bond acceptors (Lipinski definition) is 4. The van der Waals surface area contributed by atoms with Crippen LogP contribution in [0.2, 0.25) is 0 Å². The van der Waals surface area contributed by atoms with Crippen molar-refractivity contribution in [3.05, 3.63) is 23.7 Å². The maximum absolute atomic E-state index is 5.75. The molecule has 0 amide bonds. The molecule has 102 valence electrons. The number of hydrogen-bond donors (Lipinski definition) is 1. The molecule has 0 unspecified atom stereocenters. The van der Waals surface area contributed by atoms with Crippen LogP contribution in [0, 0.1) is 0 Å². The van der Waals surface area contributed by atoms with Gasteiger partial charge < -0.3 is 14.6 Å². The van der Waals surface area contributed by atoms with Gasteiger partial charge in [-0.3, -0.25) is 4.90 Å². The largest absolute Gasteiger partial charge is 0.463 e. The van der Waals surface area contributed by atoms with Crippen LogP contribution in [0.15, 0.2) is 16.5 Å². The van der Waals surface area contributed by atoms with E-state index >= 15 is 0 Å². The van der Waals surface area contributed by atoms with Crippen LogP contribution in [0.4, 0.5) is 0 Å². The number of furan rings is 1. The molecule has 0 bridgehead atoms. The van der Waals surface area contributed by atoms with Gasteiger partial charge in [0.1, 0.15) is 11.5 Å². The first-order chi connectivity index (χ1) is 8.78. The molecule has 1 saturated heterocycles. The molecule has 4 nitrogen and oxygen atoms in total. The lowest BCUT2D eigenvalue weighted by molar-refractivity contribution is 0.238. The number of nitrogens with one attached hydrogen (secondary N) is 1. The minimum absolute atomic E-state index is 0.803. The molecule has 4 heteroatoms.